The van der Waals surface area contributed by atoms with E-state index in [4.69, 9.17) is 4.74 Å². The molecule has 0 radical (unpaired) electrons. The number of methoxy groups -OCH3 is 1. The van der Waals surface area contributed by atoms with Crippen LogP contribution in [-0.2, 0) is 16.0 Å². The van der Waals surface area contributed by atoms with Crippen molar-refractivity contribution < 1.29 is 23.4 Å². The van der Waals surface area contributed by atoms with Crippen LogP contribution in [0.4, 0.5) is 8.78 Å². The van der Waals surface area contributed by atoms with Crippen molar-refractivity contribution in [2.75, 3.05) is 20.3 Å². The highest BCUT2D eigenvalue weighted by molar-refractivity contribution is 5.79. The minimum atomic E-state index is -0.735. The molecule has 1 aromatic rings. The summed E-state index contributed by atoms with van der Waals surface area (Å²) in [5.41, 5.74) is 0.147. The molecule has 0 bridgehead atoms. The molecule has 0 aromatic heterocycles. The number of carbonyl (C=O) groups excluding carboxylic acids is 1. The molecule has 1 amide bonds. The molecule has 0 unspecified atom stereocenters. The number of benzene rings is 1. The van der Waals surface area contributed by atoms with E-state index in [-0.39, 0.29) is 36.6 Å². The maximum absolute atomic E-state index is 13.5. The molecule has 1 heterocycles. The second-order valence-corrected chi connectivity index (χ2v) is 4.89. The van der Waals surface area contributed by atoms with Crippen LogP contribution in [0.15, 0.2) is 18.2 Å². The van der Waals surface area contributed by atoms with Crippen molar-refractivity contribution in [3.05, 3.63) is 35.4 Å². The van der Waals surface area contributed by atoms with E-state index in [9.17, 15) is 18.7 Å². The van der Waals surface area contributed by atoms with E-state index >= 15 is 0 Å². The second-order valence-electron chi connectivity index (χ2n) is 4.89. The van der Waals surface area contributed by atoms with E-state index in [1.54, 1.807) is 7.11 Å². The quantitative estimate of drug-likeness (QED) is 0.902. The van der Waals surface area contributed by atoms with Crippen molar-refractivity contribution in [1.82, 2.24) is 4.90 Å². The maximum atomic E-state index is 13.5. The summed E-state index contributed by atoms with van der Waals surface area (Å²) in [7, 11) is 1.55. The first-order valence-corrected chi connectivity index (χ1v) is 6.42. The third-order valence-corrected chi connectivity index (χ3v) is 3.60. The fourth-order valence-corrected chi connectivity index (χ4v) is 2.45. The molecule has 1 aliphatic rings. The van der Waals surface area contributed by atoms with Gasteiger partial charge in [0.25, 0.3) is 0 Å². The first kappa shape index (κ1) is 14.9. The van der Waals surface area contributed by atoms with Gasteiger partial charge in [-0.3, -0.25) is 4.79 Å². The summed E-state index contributed by atoms with van der Waals surface area (Å²) >= 11 is 0. The predicted molar refractivity (Wildman–Crippen MR) is 68.1 cm³/mol. The minimum Gasteiger partial charge on any atom is -0.394 e. The molecule has 1 fully saturated rings. The van der Waals surface area contributed by atoms with E-state index in [0.717, 1.165) is 12.1 Å². The molecular formula is C14H17F2NO3. The number of hydrogen-bond acceptors (Lipinski definition) is 3. The molecule has 110 valence electrons. The SMILES string of the molecule is CO[C@@H]1C[C@@H](CO)N(C(=O)Cc2ccc(F)cc2F)C1. The lowest BCUT2D eigenvalue weighted by Crippen LogP contribution is -2.39. The number of nitrogens with zero attached hydrogens (tertiary/aromatic N) is 1. The number of hydrogen-bond donors (Lipinski definition) is 1. The largest absolute Gasteiger partial charge is 0.394 e. The number of ether oxygens (including phenoxy) is 1. The first-order valence-electron chi connectivity index (χ1n) is 6.42. The Morgan fingerprint density at radius 2 is 2.25 bits per heavy atom. The summed E-state index contributed by atoms with van der Waals surface area (Å²) in [5, 5.41) is 9.28. The van der Waals surface area contributed by atoms with Gasteiger partial charge < -0.3 is 14.7 Å². The van der Waals surface area contributed by atoms with Crippen LogP contribution < -0.4 is 0 Å². The number of aliphatic hydroxyl groups excluding tert-OH is 1. The number of likely N-dealkylation sites (tertiary alicyclic amines) is 1. The first-order chi connectivity index (χ1) is 9.55. The number of carbonyl (C=O) groups is 1. The average molecular weight is 285 g/mol. The topological polar surface area (TPSA) is 49.8 Å². The lowest BCUT2D eigenvalue weighted by Gasteiger charge is -2.22. The summed E-state index contributed by atoms with van der Waals surface area (Å²) in [4.78, 5) is 13.7. The second kappa shape index (κ2) is 6.28. The van der Waals surface area contributed by atoms with Crippen molar-refractivity contribution in [3.63, 3.8) is 0 Å². The predicted octanol–water partition coefficient (Wildman–Crippen LogP) is 1.12. The van der Waals surface area contributed by atoms with Gasteiger partial charge in [0.05, 0.1) is 25.2 Å². The van der Waals surface area contributed by atoms with Crippen molar-refractivity contribution in [1.29, 1.82) is 0 Å². The smallest absolute Gasteiger partial charge is 0.227 e. The summed E-state index contributed by atoms with van der Waals surface area (Å²) in [5.74, 6) is -1.71. The van der Waals surface area contributed by atoms with Crippen LogP contribution in [0.5, 0.6) is 0 Å². The molecule has 1 aliphatic heterocycles. The summed E-state index contributed by atoms with van der Waals surface area (Å²) in [6, 6.07) is 2.84. The molecule has 1 saturated heterocycles. The van der Waals surface area contributed by atoms with E-state index in [2.05, 4.69) is 0 Å². The van der Waals surface area contributed by atoms with E-state index in [0.29, 0.717) is 13.0 Å². The van der Waals surface area contributed by atoms with Crippen molar-refractivity contribution in [3.8, 4) is 0 Å². The monoisotopic (exact) mass is 285 g/mol. The molecule has 2 atom stereocenters. The standard InChI is InChI=1S/C14H17F2NO3/c1-20-12-6-11(8-18)17(7-12)14(19)4-9-2-3-10(15)5-13(9)16/h2-3,5,11-12,18H,4,6-8H2,1H3/t11-,12+/m0/s1. The number of halogens is 2. The van der Waals surface area contributed by atoms with Gasteiger partial charge in [-0.1, -0.05) is 6.07 Å². The third kappa shape index (κ3) is 3.13. The van der Waals surface area contributed by atoms with Gasteiger partial charge in [0.15, 0.2) is 0 Å². The van der Waals surface area contributed by atoms with E-state index in [1.165, 1.54) is 11.0 Å². The third-order valence-electron chi connectivity index (χ3n) is 3.60. The normalized spacial score (nSPS) is 22.3. The Morgan fingerprint density at radius 1 is 1.50 bits per heavy atom. The minimum absolute atomic E-state index is 0.117. The molecule has 4 nitrogen and oxygen atoms in total. The van der Waals surface area contributed by atoms with Crippen molar-refractivity contribution >= 4 is 5.91 Å². The Balaban J connectivity index is 2.07. The van der Waals surface area contributed by atoms with Crippen LogP contribution in [0.2, 0.25) is 0 Å². The zero-order valence-corrected chi connectivity index (χ0v) is 11.2. The van der Waals surface area contributed by atoms with Gasteiger partial charge in [-0.2, -0.15) is 0 Å². The Kier molecular flexibility index (Phi) is 4.67. The van der Waals surface area contributed by atoms with Crippen LogP contribution in [-0.4, -0.2) is 48.3 Å². The molecule has 2 rings (SSSR count). The highest BCUT2D eigenvalue weighted by atomic mass is 19.1. The Labute approximate surface area is 116 Å². The molecule has 20 heavy (non-hydrogen) atoms. The molecule has 0 aliphatic carbocycles. The maximum Gasteiger partial charge on any atom is 0.227 e. The number of amides is 1. The van der Waals surface area contributed by atoms with Crippen LogP contribution >= 0.6 is 0 Å². The Hall–Kier alpha value is -1.53. The number of rotatable bonds is 4. The highest BCUT2D eigenvalue weighted by Crippen LogP contribution is 2.21. The van der Waals surface area contributed by atoms with Crippen LogP contribution in [0, 0.1) is 11.6 Å². The van der Waals surface area contributed by atoms with Crippen molar-refractivity contribution in [2.24, 2.45) is 0 Å². The van der Waals surface area contributed by atoms with Crippen LogP contribution in [0.25, 0.3) is 0 Å². The molecule has 0 saturated carbocycles. The molecular weight excluding hydrogens is 268 g/mol. The molecule has 1 N–H and O–H groups in total. The van der Waals surface area contributed by atoms with Gasteiger partial charge in [0, 0.05) is 19.7 Å². The van der Waals surface area contributed by atoms with Gasteiger partial charge >= 0.3 is 0 Å². The zero-order chi connectivity index (χ0) is 14.7. The number of aliphatic hydroxyl groups is 1. The summed E-state index contributed by atoms with van der Waals surface area (Å²) in [6.45, 7) is 0.223. The van der Waals surface area contributed by atoms with Gasteiger partial charge in [-0.25, -0.2) is 8.78 Å². The molecule has 1 aromatic carbocycles. The summed E-state index contributed by atoms with van der Waals surface area (Å²) in [6.07, 6.45) is 0.290. The molecule has 0 spiro atoms. The lowest BCUT2D eigenvalue weighted by molar-refractivity contribution is -0.132. The fourth-order valence-electron chi connectivity index (χ4n) is 2.45. The van der Waals surface area contributed by atoms with Gasteiger partial charge in [0.2, 0.25) is 5.91 Å². The molecule has 6 heteroatoms. The van der Waals surface area contributed by atoms with Crippen LogP contribution in [0.3, 0.4) is 0 Å². The van der Waals surface area contributed by atoms with Gasteiger partial charge in [0.1, 0.15) is 11.6 Å². The lowest BCUT2D eigenvalue weighted by atomic mass is 10.1. The van der Waals surface area contributed by atoms with Crippen LogP contribution in [0.1, 0.15) is 12.0 Å². The van der Waals surface area contributed by atoms with Gasteiger partial charge in [-0.15, -0.1) is 0 Å². The highest BCUT2D eigenvalue weighted by Gasteiger charge is 2.34. The Morgan fingerprint density at radius 3 is 2.85 bits per heavy atom. The van der Waals surface area contributed by atoms with Gasteiger partial charge in [-0.05, 0) is 18.1 Å². The zero-order valence-electron chi connectivity index (χ0n) is 11.2. The fraction of sp³-hybridized carbons (Fsp3) is 0.500. The van der Waals surface area contributed by atoms with E-state index < -0.39 is 11.6 Å². The summed E-state index contributed by atoms with van der Waals surface area (Å²) < 4.78 is 31.5. The average Bonchev–Trinajstić information content (AvgIpc) is 2.85. The van der Waals surface area contributed by atoms with E-state index in [1.807, 2.05) is 0 Å². The van der Waals surface area contributed by atoms with Crippen molar-refractivity contribution in [2.45, 2.75) is 25.0 Å². The Bertz CT molecular complexity index is 495.